The molecule has 0 fully saturated rings. The maximum absolute atomic E-state index is 11.1. The van der Waals surface area contributed by atoms with Gasteiger partial charge in [-0.2, -0.15) is 5.10 Å². The molecule has 0 atom stereocenters. The number of anilines is 1. The van der Waals surface area contributed by atoms with Crippen LogP contribution >= 0.6 is 0 Å². The molecule has 0 radical (unpaired) electrons. The van der Waals surface area contributed by atoms with Gasteiger partial charge in [0.2, 0.25) is 0 Å². The number of hydrogen-bond donors (Lipinski definition) is 1. The van der Waals surface area contributed by atoms with Crippen molar-refractivity contribution in [2.24, 2.45) is 0 Å². The number of nitro benzene ring substituents is 1. The van der Waals surface area contributed by atoms with Gasteiger partial charge in [-0.05, 0) is 42.7 Å². The van der Waals surface area contributed by atoms with Gasteiger partial charge >= 0.3 is 0 Å². The van der Waals surface area contributed by atoms with Crippen LogP contribution in [0.3, 0.4) is 0 Å². The normalized spacial score (nSPS) is 11.0. The number of fused-ring (bicyclic) bond motifs is 1. The van der Waals surface area contributed by atoms with E-state index in [0.29, 0.717) is 0 Å². The first-order valence-corrected chi connectivity index (χ1v) is 6.32. The van der Waals surface area contributed by atoms with Crippen molar-refractivity contribution in [3.8, 4) is 11.1 Å². The lowest BCUT2D eigenvalue weighted by Gasteiger charge is -2.09. The number of nitrogens with two attached hydrogens (primary N) is 1. The zero-order valence-corrected chi connectivity index (χ0v) is 11.6. The minimum Gasteiger partial charge on any atom is -0.393 e. The number of benzene rings is 1. The molecule has 0 unspecified atom stereocenters. The third kappa shape index (κ3) is 2.08. The van der Waals surface area contributed by atoms with E-state index in [-0.39, 0.29) is 11.4 Å². The summed E-state index contributed by atoms with van der Waals surface area (Å²) < 4.78 is 1.66. The molecule has 21 heavy (non-hydrogen) atoms. The number of nitro groups is 1. The van der Waals surface area contributed by atoms with Gasteiger partial charge in [-0.1, -0.05) is 0 Å². The Bertz CT molecular complexity index is 869. The van der Waals surface area contributed by atoms with Crippen LogP contribution in [0.15, 0.2) is 30.7 Å². The lowest BCUT2D eigenvalue weighted by molar-refractivity contribution is -0.383. The molecule has 2 heterocycles. The Labute approximate surface area is 120 Å². The van der Waals surface area contributed by atoms with Gasteiger partial charge in [0.1, 0.15) is 12.0 Å². The second kappa shape index (κ2) is 4.55. The van der Waals surface area contributed by atoms with E-state index in [9.17, 15) is 10.1 Å². The topological polar surface area (TPSA) is 99.3 Å². The smallest absolute Gasteiger partial charge is 0.292 e. The summed E-state index contributed by atoms with van der Waals surface area (Å²) in [5, 5.41) is 15.2. The fraction of sp³-hybridized carbons (Fsp3) is 0.143. The van der Waals surface area contributed by atoms with Gasteiger partial charge in [-0.25, -0.2) is 9.50 Å². The van der Waals surface area contributed by atoms with Gasteiger partial charge < -0.3 is 5.73 Å². The van der Waals surface area contributed by atoms with E-state index < -0.39 is 4.92 Å². The third-order valence-electron chi connectivity index (χ3n) is 3.44. The quantitative estimate of drug-likeness (QED) is 0.442. The maximum Gasteiger partial charge on any atom is 0.292 e. The van der Waals surface area contributed by atoms with Crippen molar-refractivity contribution in [2.75, 3.05) is 5.73 Å². The van der Waals surface area contributed by atoms with Crippen LogP contribution < -0.4 is 5.73 Å². The van der Waals surface area contributed by atoms with Crippen molar-refractivity contribution < 1.29 is 4.92 Å². The number of hydrogen-bond acceptors (Lipinski definition) is 5. The van der Waals surface area contributed by atoms with Crippen molar-refractivity contribution in [3.05, 3.63) is 52.0 Å². The highest BCUT2D eigenvalue weighted by molar-refractivity contribution is 5.76. The number of nitrogens with zero attached hydrogens (tertiary/aromatic N) is 4. The maximum atomic E-state index is 11.1. The molecule has 0 aliphatic carbocycles. The van der Waals surface area contributed by atoms with Crippen LogP contribution in [0.2, 0.25) is 0 Å². The molecule has 2 N–H and O–H groups in total. The average molecular weight is 283 g/mol. The van der Waals surface area contributed by atoms with Crippen LogP contribution in [0.5, 0.6) is 0 Å². The van der Waals surface area contributed by atoms with Crippen LogP contribution in [0.1, 0.15) is 11.1 Å². The predicted octanol–water partition coefficient (Wildman–Crippen LogP) is 2.50. The fourth-order valence-electron chi connectivity index (χ4n) is 2.43. The minimum absolute atomic E-state index is 0.0908. The standard InChI is InChI=1S/C14H13N5O2/c1-8-4-12(15)13(19(20)21)5-11(8)10-3-9(2)14-16-7-17-18(14)6-10/h3-7H,15H2,1-2H3. The molecule has 0 saturated carbocycles. The fourth-order valence-corrected chi connectivity index (χ4v) is 2.43. The summed E-state index contributed by atoms with van der Waals surface area (Å²) in [6, 6.07) is 5.06. The summed E-state index contributed by atoms with van der Waals surface area (Å²) in [4.78, 5) is 14.7. The molecule has 0 aliphatic rings. The number of rotatable bonds is 2. The van der Waals surface area contributed by atoms with Crippen LogP contribution in [0.25, 0.3) is 16.8 Å². The lowest BCUT2D eigenvalue weighted by Crippen LogP contribution is -1.99. The molecule has 3 aromatic rings. The molecule has 3 rings (SSSR count). The average Bonchev–Trinajstić information content (AvgIpc) is 2.87. The number of nitrogen functional groups attached to an aromatic ring is 1. The van der Waals surface area contributed by atoms with Gasteiger partial charge in [0.05, 0.1) is 4.92 Å². The summed E-state index contributed by atoms with van der Waals surface area (Å²) in [6.07, 6.45) is 3.28. The van der Waals surface area contributed by atoms with Crippen LogP contribution in [-0.2, 0) is 0 Å². The molecule has 0 bridgehead atoms. The monoisotopic (exact) mass is 283 g/mol. The number of aryl methyl sites for hydroxylation is 2. The Kier molecular flexibility index (Phi) is 2.83. The molecule has 7 nitrogen and oxygen atoms in total. The highest BCUT2D eigenvalue weighted by Crippen LogP contribution is 2.32. The summed E-state index contributed by atoms with van der Waals surface area (Å²) in [5.74, 6) is 0. The number of aromatic nitrogens is 3. The third-order valence-corrected chi connectivity index (χ3v) is 3.44. The van der Waals surface area contributed by atoms with Gasteiger partial charge in [0.15, 0.2) is 5.65 Å². The largest absolute Gasteiger partial charge is 0.393 e. The molecule has 0 spiro atoms. The molecule has 0 amide bonds. The van der Waals surface area contributed by atoms with Gasteiger partial charge in [-0.15, -0.1) is 0 Å². The molecule has 0 aliphatic heterocycles. The molecule has 106 valence electrons. The van der Waals surface area contributed by atoms with E-state index in [1.54, 1.807) is 16.8 Å². The zero-order chi connectivity index (χ0) is 15.1. The molecular formula is C14H13N5O2. The van der Waals surface area contributed by atoms with Gasteiger partial charge in [0.25, 0.3) is 5.69 Å². The predicted molar refractivity (Wildman–Crippen MR) is 79.0 cm³/mol. The van der Waals surface area contributed by atoms with Crippen molar-refractivity contribution in [2.45, 2.75) is 13.8 Å². The van der Waals surface area contributed by atoms with Crippen molar-refractivity contribution >= 4 is 17.0 Å². The van der Waals surface area contributed by atoms with E-state index in [0.717, 1.165) is 27.9 Å². The molecule has 0 saturated heterocycles. The summed E-state index contributed by atoms with van der Waals surface area (Å²) in [6.45, 7) is 3.80. The first-order chi connectivity index (χ1) is 9.97. The molecule has 7 heteroatoms. The Morgan fingerprint density at radius 3 is 2.71 bits per heavy atom. The second-order valence-electron chi connectivity index (χ2n) is 4.92. The van der Waals surface area contributed by atoms with Crippen LogP contribution in [0.4, 0.5) is 11.4 Å². The van der Waals surface area contributed by atoms with Gasteiger partial charge in [0, 0.05) is 17.8 Å². The summed E-state index contributed by atoms with van der Waals surface area (Å²) in [5.41, 5.74) is 9.96. The SMILES string of the molecule is Cc1cc(N)c([N+](=O)[O-])cc1-c1cc(C)c2ncnn2c1. The highest BCUT2D eigenvalue weighted by atomic mass is 16.6. The lowest BCUT2D eigenvalue weighted by atomic mass is 9.99. The Morgan fingerprint density at radius 1 is 1.24 bits per heavy atom. The first-order valence-electron chi connectivity index (χ1n) is 6.32. The Hall–Kier alpha value is -2.96. The molecule has 1 aromatic carbocycles. The van der Waals surface area contributed by atoms with E-state index >= 15 is 0 Å². The Morgan fingerprint density at radius 2 is 2.00 bits per heavy atom. The first kappa shape index (κ1) is 13.0. The summed E-state index contributed by atoms with van der Waals surface area (Å²) >= 11 is 0. The van der Waals surface area contributed by atoms with E-state index in [1.807, 2.05) is 19.9 Å². The van der Waals surface area contributed by atoms with Gasteiger partial charge in [-0.3, -0.25) is 10.1 Å². The van der Waals surface area contributed by atoms with Crippen molar-refractivity contribution in [1.29, 1.82) is 0 Å². The molecule has 2 aromatic heterocycles. The highest BCUT2D eigenvalue weighted by Gasteiger charge is 2.16. The number of pyridine rings is 1. The molecular weight excluding hydrogens is 270 g/mol. The van der Waals surface area contributed by atoms with E-state index in [2.05, 4.69) is 10.1 Å². The van der Waals surface area contributed by atoms with Crippen LogP contribution in [0, 0.1) is 24.0 Å². The van der Waals surface area contributed by atoms with E-state index in [4.69, 9.17) is 5.73 Å². The Balaban J connectivity index is 2.26. The van der Waals surface area contributed by atoms with Crippen molar-refractivity contribution in [1.82, 2.24) is 14.6 Å². The minimum atomic E-state index is -0.473. The van der Waals surface area contributed by atoms with Crippen LogP contribution in [-0.4, -0.2) is 19.5 Å². The second-order valence-corrected chi connectivity index (χ2v) is 4.92. The zero-order valence-electron chi connectivity index (χ0n) is 11.6. The van der Waals surface area contributed by atoms with Crippen molar-refractivity contribution in [3.63, 3.8) is 0 Å². The van der Waals surface area contributed by atoms with E-state index in [1.165, 1.54) is 12.4 Å². The summed E-state index contributed by atoms with van der Waals surface area (Å²) in [7, 11) is 0.